The Morgan fingerprint density at radius 3 is 2.35 bits per heavy atom. The maximum Gasteiger partial charge on any atom is 0.255 e. The van der Waals surface area contributed by atoms with E-state index in [0.717, 1.165) is 5.56 Å². The highest BCUT2D eigenvalue weighted by molar-refractivity contribution is 6.05. The van der Waals surface area contributed by atoms with E-state index >= 15 is 0 Å². The van der Waals surface area contributed by atoms with Gasteiger partial charge in [-0.15, -0.1) is 0 Å². The Morgan fingerprint density at radius 1 is 1.05 bits per heavy atom. The largest absolute Gasteiger partial charge is 0.489 e. The van der Waals surface area contributed by atoms with Gasteiger partial charge in [-0.3, -0.25) is 4.79 Å². The van der Waals surface area contributed by atoms with E-state index < -0.39 is 0 Å². The summed E-state index contributed by atoms with van der Waals surface area (Å²) in [6, 6.07) is 14.9. The highest BCUT2D eigenvalue weighted by Crippen LogP contribution is 2.25. The first-order valence-electron chi connectivity index (χ1n) is 6.70. The second-order valence-electron chi connectivity index (χ2n) is 4.98. The number of ether oxygens (including phenoxy) is 1. The first kappa shape index (κ1) is 14.1. The zero-order chi connectivity index (χ0) is 14.5. The molecule has 0 unspecified atom stereocenters. The van der Waals surface area contributed by atoms with Crippen LogP contribution >= 0.6 is 0 Å². The van der Waals surface area contributed by atoms with Gasteiger partial charge in [0.25, 0.3) is 5.91 Å². The van der Waals surface area contributed by atoms with Crippen LogP contribution in [0.1, 0.15) is 29.8 Å². The third-order valence-corrected chi connectivity index (χ3v) is 2.81. The number of aryl methyl sites for hydroxylation is 1. The van der Waals surface area contributed by atoms with E-state index in [2.05, 4.69) is 5.32 Å². The van der Waals surface area contributed by atoms with Gasteiger partial charge >= 0.3 is 0 Å². The van der Waals surface area contributed by atoms with Gasteiger partial charge in [-0.1, -0.05) is 29.8 Å². The fourth-order valence-electron chi connectivity index (χ4n) is 1.83. The Hall–Kier alpha value is -2.29. The summed E-state index contributed by atoms with van der Waals surface area (Å²) in [6.45, 7) is 5.91. The van der Waals surface area contributed by atoms with Crippen LogP contribution in [0.15, 0.2) is 48.5 Å². The minimum Gasteiger partial charge on any atom is -0.489 e. The molecule has 0 aromatic heterocycles. The molecule has 0 saturated carbocycles. The molecule has 0 atom stereocenters. The molecule has 0 radical (unpaired) electrons. The van der Waals surface area contributed by atoms with Gasteiger partial charge in [0.05, 0.1) is 11.8 Å². The predicted molar refractivity (Wildman–Crippen MR) is 81.3 cm³/mol. The van der Waals surface area contributed by atoms with Gasteiger partial charge in [-0.05, 0) is 45.0 Å². The molecule has 0 bridgehead atoms. The summed E-state index contributed by atoms with van der Waals surface area (Å²) in [5, 5.41) is 2.89. The fourth-order valence-corrected chi connectivity index (χ4v) is 1.83. The number of nitrogens with one attached hydrogen (secondary N) is 1. The van der Waals surface area contributed by atoms with Crippen LogP contribution in [0, 0.1) is 6.92 Å². The number of hydrogen-bond donors (Lipinski definition) is 1. The SMILES string of the molecule is Cc1ccc(C(=O)Nc2ccccc2OC(C)C)cc1. The smallest absolute Gasteiger partial charge is 0.255 e. The molecule has 0 aliphatic heterocycles. The van der Waals surface area contributed by atoms with Gasteiger partial charge in [-0.25, -0.2) is 0 Å². The molecule has 20 heavy (non-hydrogen) atoms. The number of rotatable bonds is 4. The van der Waals surface area contributed by atoms with Crippen LogP contribution in [-0.4, -0.2) is 12.0 Å². The summed E-state index contributed by atoms with van der Waals surface area (Å²) >= 11 is 0. The third-order valence-electron chi connectivity index (χ3n) is 2.81. The van der Waals surface area contributed by atoms with Crippen LogP contribution in [0.25, 0.3) is 0 Å². The van der Waals surface area contributed by atoms with E-state index in [-0.39, 0.29) is 12.0 Å². The van der Waals surface area contributed by atoms with Crippen molar-refractivity contribution in [1.82, 2.24) is 0 Å². The number of para-hydroxylation sites is 2. The molecule has 3 heteroatoms. The first-order chi connectivity index (χ1) is 9.56. The molecule has 0 fully saturated rings. The standard InChI is InChI=1S/C17H19NO2/c1-12(2)20-16-7-5-4-6-15(16)18-17(19)14-10-8-13(3)9-11-14/h4-12H,1-3H3,(H,18,19). The summed E-state index contributed by atoms with van der Waals surface area (Å²) in [4.78, 5) is 12.2. The molecule has 1 N–H and O–H groups in total. The van der Waals surface area contributed by atoms with Gasteiger partial charge in [0.15, 0.2) is 0 Å². The van der Waals surface area contributed by atoms with Crippen molar-refractivity contribution in [3.63, 3.8) is 0 Å². The summed E-state index contributed by atoms with van der Waals surface area (Å²) in [5.74, 6) is 0.549. The highest BCUT2D eigenvalue weighted by Gasteiger charge is 2.10. The summed E-state index contributed by atoms with van der Waals surface area (Å²) in [6.07, 6.45) is 0.0624. The second kappa shape index (κ2) is 6.24. The van der Waals surface area contributed by atoms with Crippen LogP contribution in [0.5, 0.6) is 5.75 Å². The van der Waals surface area contributed by atoms with E-state index in [0.29, 0.717) is 17.0 Å². The summed E-state index contributed by atoms with van der Waals surface area (Å²) < 4.78 is 5.69. The van der Waals surface area contributed by atoms with Crippen LogP contribution < -0.4 is 10.1 Å². The molecule has 2 aromatic rings. The minimum absolute atomic E-state index is 0.0624. The Bertz CT molecular complexity index is 588. The number of hydrogen-bond acceptors (Lipinski definition) is 2. The molecule has 2 aromatic carbocycles. The Kier molecular flexibility index (Phi) is 4.41. The molecule has 0 saturated heterocycles. The van der Waals surface area contributed by atoms with Crippen LogP contribution in [0.2, 0.25) is 0 Å². The van der Waals surface area contributed by atoms with Crippen LogP contribution in [-0.2, 0) is 0 Å². The number of amides is 1. The average Bonchev–Trinajstić information content (AvgIpc) is 2.41. The van der Waals surface area contributed by atoms with Crippen LogP contribution in [0.4, 0.5) is 5.69 Å². The molecule has 1 amide bonds. The topological polar surface area (TPSA) is 38.3 Å². The van der Waals surface area contributed by atoms with Gasteiger partial charge in [0.1, 0.15) is 5.75 Å². The highest BCUT2D eigenvalue weighted by atomic mass is 16.5. The maximum atomic E-state index is 12.2. The molecule has 2 rings (SSSR count). The van der Waals surface area contributed by atoms with Crippen molar-refractivity contribution >= 4 is 11.6 Å². The van der Waals surface area contributed by atoms with Crippen molar-refractivity contribution < 1.29 is 9.53 Å². The summed E-state index contributed by atoms with van der Waals surface area (Å²) in [7, 11) is 0. The first-order valence-corrected chi connectivity index (χ1v) is 6.70. The fraction of sp³-hybridized carbons (Fsp3) is 0.235. The molecule has 0 aliphatic rings. The van der Waals surface area contributed by atoms with Gasteiger partial charge in [0, 0.05) is 5.56 Å². The maximum absolute atomic E-state index is 12.2. The lowest BCUT2D eigenvalue weighted by Crippen LogP contribution is -2.14. The average molecular weight is 269 g/mol. The number of anilines is 1. The Balaban J connectivity index is 2.17. The molecule has 0 spiro atoms. The zero-order valence-corrected chi connectivity index (χ0v) is 12.0. The van der Waals surface area contributed by atoms with E-state index in [4.69, 9.17) is 4.74 Å². The van der Waals surface area contributed by atoms with Gasteiger partial charge < -0.3 is 10.1 Å². The molecule has 0 heterocycles. The van der Waals surface area contributed by atoms with Gasteiger partial charge in [-0.2, -0.15) is 0 Å². The molecule has 3 nitrogen and oxygen atoms in total. The Morgan fingerprint density at radius 2 is 1.70 bits per heavy atom. The van der Waals surface area contributed by atoms with E-state index in [1.807, 2.05) is 69.3 Å². The monoisotopic (exact) mass is 269 g/mol. The quantitative estimate of drug-likeness (QED) is 0.909. The number of benzene rings is 2. The number of carbonyl (C=O) groups excluding carboxylic acids is 1. The molecule has 0 aliphatic carbocycles. The van der Waals surface area contributed by atoms with Crippen molar-refractivity contribution in [1.29, 1.82) is 0 Å². The van der Waals surface area contributed by atoms with Crippen LogP contribution in [0.3, 0.4) is 0 Å². The van der Waals surface area contributed by atoms with Gasteiger partial charge in [0.2, 0.25) is 0 Å². The number of carbonyl (C=O) groups is 1. The van der Waals surface area contributed by atoms with Crippen molar-refractivity contribution in [2.24, 2.45) is 0 Å². The zero-order valence-electron chi connectivity index (χ0n) is 12.0. The van der Waals surface area contributed by atoms with E-state index in [1.54, 1.807) is 0 Å². The molecular weight excluding hydrogens is 250 g/mol. The van der Waals surface area contributed by atoms with E-state index in [1.165, 1.54) is 0 Å². The van der Waals surface area contributed by atoms with Crippen molar-refractivity contribution in [2.45, 2.75) is 26.9 Å². The van der Waals surface area contributed by atoms with E-state index in [9.17, 15) is 4.79 Å². The predicted octanol–water partition coefficient (Wildman–Crippen LogP) is 4.03. The van der Waals surface area contributed by atoms with Crippen molar-refractivity contribution in [3.05, 3.63) is 59.7 Å². The lowest BCUT2D eigenvalue weighted by Gasteiger charge is -2.14. The molecular formula is C17H19NO2. The van der Waals surface area contributed by atoms with Crippen molar-refractivity contribution in [2.75, 3.05) is 5.32 Å². The Labute approximate surface area is 119 Å². The minimum atomic E-state index is -0.134. The van der Waals surface area contributed by atoms with Crippen molar-refractivity contribution in [3.8, 4) is 5.75 Å². The summed E-state index contributed by atoms with van der Waals surface area (Å²) in [5.41, 5.74) is 2.45. The normalized spacial score (nSPS) is 10.4. The lowest BCUT2D eigenvalue weighted by atomic mass is 10.1. The second-order valence-corrected chi connectivity index (χ2v) is 4.98. The molecule has 104 valence electrons. The third kappa shape index (κ3) is 3.60. The lowest BCUT2D eigenvalue weighted by molar-refractivity contribution is 0.102.